The molecule has 1 aliphatic rings. The maximum atomic E-state index is 4.88. The van der Waals surface area contributed by atoms with Gasteiger partial charge in [0.2, 0.25) is 0 Å². The molecule has 1 aromatic carbocycles. The second kappa shape index (κ2) is 8.63. The molecule has 1 unspecified atom stereocenters. The van der Waals surface area contributed by atoms with E-state index in [4.69, 9.17) is 9.97 Å². The van der Waals surface area contributed by atoms with Crippen LogP contribution in [-0.4, -0.2) is 40.5 Å². The minimum absolute atomic E-state index is 0.259. The molecule has 0 saturated carbocycles. The van der Waals surface area contributed by atoms with Crippen LogP contribution in [0, 0.1) is 0 Å². The first kappa shape index (κ1) is 18.8. The van der Waals surface area contributed by atoms with Gasteiger partial charge in [0.15, 0.2) is 0 Å². The van der Waals surface area contributed by atoms with Gasteiger partial charge in [-0.2, -0.15) is 0 Å². The first-order valence-electron chi connectivity index (χ1n) is 10.0. The number of nitrogens with one attached hydrogen (secondary N) is 2. The summed E-state index contributed by atoms with van der Waals surface area (Å²) in [7, 11) is 4.05. The minimum atomic E-state index is 0.259. The van der Waals surface area contributed by atoms with Gasteiger partial charge < -0.3 is 10.6 Å². The average Bonchev–Trinajstić information content (AvgIpc) is 2.74. The molecule has 1 saturated heterocycles. The number of rotatable bonds is 6. The second-order valence-corrected chi connectivity index (χ2v) is 7.51. The third-order valence-corrected chi connectivity index (χ3v) is 5.28. The highest BCUT2D eigenvalue weighted by molar-refractivity contribution is 5.81. The van der Waals surface area contributed by atoms with Crippen LogP contribution in [0.2, 0.25) is 0 Å². The normalized spacial score (nSPS) is 17.2. The van der Waals surface area contributed by atoms with Gasteiger partial charge in [0.25, 0.3) is 0 Å². The maximum Gasteiger partial charge on any atom is 0.147 e. The minimum Gasteiger partial charge on any atom is -0.373 e. The molecule has 3 heterocycles. The van der Waals surface area contributed by atoms with Gasteiger partial charge in [-0.1, -0.05) is 24.6 Å². The number of hydrogen-bond donors (Lipinski definition) is 2. The zero-order valence-corrected chi connectivity index (χ0v) is 16.7. The zero-order valence-electron chi connectivity index (χ0n) is 16.7. The predicted molar refractivity (Wildman–Crippen MR) is 113 cm³/mol. The smallest absolute Gasteiger partial charge is 0.147 e. The third-order valence-electron chi connectivity index (χ3n) is 5.28. The van der Waals surface area contributed by atoms with Crippen LogP contribution in [0.3, 0.4) is 0 Å². The number of aromatic nitrogens is 3. The van der Waals surface area contributed by atoms with Crippen LogP contribution >= 0.6 is 0 Å². The Morgan fingerprint density at radius 1 is 1.14 bits per heavy atom. The molecule has 6 heteroatoms. The van der Waals surface area contributed by atoms with Crippen molar-refractivity contribution in [2.45, 2.75) is 38.4 Å². The molecule has 1 atom stereocenters. The fourth-order valence-corrected chi connectivity index (χ4v) is 3.88. The Hall–Kier alpha value is -2.57. The SMILES string of the molecule is CNc1cc(CN(C)Cc2cccc3ncccc23)nc(C2CCCCN2)n1. The van der Waals surface area contributed by atoms with E-state index in [9.17, 15) is 0 Å². The highest BCUT2D eigenvalue weighted by Gasteiger charge is 2.19. The van der Waals surface area contributed by atoms with E-state index in [-0.39, 0.29) is 6.04 Å². The van der Waals surface area contributed by atoms with Crippen molar-refractivity contribution >= 4 is 16.7 Å². The third kappa shape index (κ3) is 4.29. The number of pyridine rings is 1. The van der Waals surface area contributed by atoms with Gasteiger partial charge in [-0.05, 0) is 44.1 Å². The summed E-state index contributed by atoms with van der Waals surface area (Å²) in [6, 6.07) is 12.8. The quantitative estimate of drug-likeness (QED) is 0.686. The van der Waals surface area contributed by atoms with Crippen molar-refractivity contribution in [3.8, 4) is 0 Å². The van der Waals surface area contributed by atoms with E-state index in [1.54, 1.807) is 0 Å². The molecular formula is C22H28N6. The Balaban J connectivity index is 1.52. The fourth-order valence-electron chi connectivity index (χ4n) is 3.88. The van der Waals surface area contributed by atoms with Crippen molar-refractivity contribution in [2.24, 2.45) is 0 Å². The van der Waals surface area contributed by atoms with Crippen molar-refractivity contribution < 1.29 is 0 Å². The van der Waals surface area contributed by atoms with E-state index < -0.39 is 0 Å². The van der Waals surface area contributed by atoms with Crippen molar-refractivity contribution in [3.63, 3.8) is 0 Å². The molecular weight excluding hydrogens is 348 g/mol. The lowest BCUT2D eigenvalue weighted by molar-refractivity contribution is 0.314. The van der Waals surface area contributed by atoms with Crippen molar-refractivity contribution in [3.05, 3.63) is 59.7 Å². The summed E-state index contributed by atoms with van der Waals surface area (Å²) < 4.78 is 0. The molecule has 6 nitrogen and oxygen atoms in total. The molecule has 0 aliphatic carbocycles. The standard InChI is InChI=1S/C22H28N6/c1-23-21-13-17(26-22(27-21)20-9-3-4-11-25-20)15-28(2)14-16-7-5-10-19-18(16)8-6-12-24-19/h5-8,10,12-13,20,25H,3-4,9,11,14-15H2,1-2H3,(H,23,26,27). The predicted octanol–water partition coefficient (Wildman–Crippen LogP) is 3.51. The van der Waals surface area contributed by atoms with Crippen molar-refractivity contribution in [1.29, 1.82) is 0 Å². The lowest BCUT2D eigenvalue weighted by Crippen LogP contribution is -2.29. The van der Waals surface area contributed by atoms with Crippen molar-refractivity contribution in [1.82, 2.24) is 25.2 Å². The summed E-state index contributed by atoms with van der Waals surface area (Å²) in [6.07, 6.45) is 5.41. The molecule has 0 bridgehead atoms. The van der Waals surface area contributed by atoms with Crippen LogP contribution in [0.4, 0.5) is 5.82 Å². The molecule has 2 aromatic heterocycles. The van der Waals surface area contributed by atoms with E-state index in [1.165, 1.54) is 23.8 Å². The van der Waals surface area contributed by atoms with Crippen LogP contribution < -0.4 is 10.6 Å². The van der Waals surface area contributed by atoms with Gasteiger partial charge in [-0.15, -0.1) is 0 Å². The lowest BCUT2D eigenvalue weighted by atomic mass is 10.0. The Morgan fingerprint density at radius 2 is 2.07 bits per heavy atom. The van der Waals surface area contributed by atoms with Gasteiger partial charge in [0.1, 0.15) is 11.6 Å². The van der Waals surface area contributed by atoms with Crippen LogP contribution in [0.5, 0.6) is 0 Å². The lowest BCUT2D eigenvalue weighted by Gasteiger charge is -2.24. The van der Waals surface area contributed by atoms with Gasteiger partial charge in [-0.25, -0.2) is 9.97 Å². The van der Waals surface area contributed by atoms with E-state index in [2.05, 4.69) is 51.8 Å². The summed E-state index contributed by atoms with van der Waals surface area (Å²) in [4.78, 5) is 16.3. The molecule has 1 aliphatic heterocycles. The van der Waals surface area contributed by atoms with Crippen LogP contribution in [0.15, 0.2) is 42.6 Å². The molecule has 4 rings (SSSR count). The number of hydrogen-bond acceptors (Lipinski definition) is 6. The highest BCUT2D eigenvalue weighted by atomic mass is 15.1. The number of benzene rings is 1. The first-order chi connectivity index (χ1) is 13.7. The molecule has 28 heavy (non-hydrogen) atoms. The van der Waals surface area contributed by atoms with Gasteiger partial charge in [0.05, 0.1) is 17.3 Å². The summed E-state index contributed by atoms with van der Waals surface area (Å²) in [5, 5.41) is 7.95. The average molecular weight is 377 g/mol. The second-order valence-electron chi connectivity index (χ2n) is 7.51. The summed E-state index contributed by atoms with van der Waals surface area (Å²) in [6.45, 7) is 2.66. The van der Waals surface area contributed by atoms with E-state index in [0.717, 1.165) is 48.9 Å². The molecule has 0 spiro atoms. The van der Waals surface area contributed by atoms with Gasteiger partial charge >= 0.3 is 0 Å². The summed E-state index contributed by atoms with van der Waals surface area (Å²) >= 11 is 0. The number of anilines is 1. The van der Waals surface area contributed by atoms with Crippen LogP contribution in [0.25, 0.3) is 10.9 Å². The summed E-state index contributed by atoms with van der Waals surface area (Å²) in [5.41, 5.74) is 3.37. The monoisotopic (exact) mass is 376 g/mol. The molecule has 0 amide bonds. The molecule has 146 valence electrons. The van der Waals surface area contributed by atoms with E-state index in [1.807, 2.05) is 25.4 Å². The zero-order chi connectivity index (χ0) is 19.3. The Morgan fingerprint density at radius 3 is 2.89 bits per heavy atom. The molecule has 0 radical (unpaired) electrons. The Bertz CT molecular complexity index is 930. The Labute approximate surface area is 166 Å². The van der Waals surface area contributed by atoms with E-state index >= 15 is 0 Å². The topological polar surface area (TPSA) is 66.0 Å². The van der Waals surface area contributed by atoms with Gasteiger partial charge in [0, 0.05) is 37.8 Å². The first-order valence-corrected chi connectivity index (χ1v) is 10.0. The molecule has 1 fully saturated rings. The van der Waals surface area contributed by atoms with Gasteiger partial charge in [-0.3, -0.25) is 9.88 Å². The molecule has 3 aromatic rings. The van der Waals surface area contributed by atoms with Crippen LogP contribution in [-0.2, 0) is 13.1 Å². The highest BCUT2D eigenvalue weighted by Crippen LogP contribution is 2.23. The largest absolute Gasteiger partial charge is 0.373 e. The maximum absolute atomic E-state index is 4.88. The molecule has 2 N–H and O–H groups in total. The van der Waals surface area contributed by atoms with Crippen molar-refractivity contribution in [2.75, 3.05) is 26.0 Å². The Kier molecular flexibility index (Phi) is 5.78. The van der Waals surface area contributed by atoms with E-state index in [0.29, 0.717) is 0 Å². The number of fused-ring (bicyclic) bond motifs is 1. The number of nitrogens with zero attached hydrogens (tertiary/aromatic N) is 4. The summed E-state index contributed by atoms with van der Waals surface area (Å²) in [5.74, 6) is 1.79. The number of piperidine rings is 1. The van der Waals surface area contributed by atoms with Crippen LogP contribution in [0.1, 0.15) is 42.4 Å². The fraction of sp³-hybridized carbons (Fsp3) is 0.409.